The van der Waals surface area contributed by atoms with Crippen molar-refractivity contribution < 1.29 is 9.53 Å². The van der Waals surface area contributed by atoms with Gasteiger partial charge in [0.15, 0.2) is 0 Å². The molecule has 0 atom stereocenters. The Hall–Kier alpha value is -0.370. The first-order valence-corrected chi connectivity index (χ1v) is 5.44. The Balaban J connectivity index is 3.64. The van der Waals surface area contributed by atoms with E-state index in [4.69, 9.17) is 4.74 Å². The van der Waals surface area contributed by atoms with Gasteiger partial charge in [0.05, 0.1) is 5.60 Å². The van der Waals surface area contributed by atoms with Gasteiger partial charge in [-0.25, -0.2) is 0 Å². The first kappa shape index (κ1) is 13.6. The van der Waals surface area contributed by atoms with Gasteiger partial charge in [-0.3, -0.25) is 4.79 Å². The molecule has 0 aliphatic carbocycles. The van der Waals surface area contributed by atoms with Crippen LogP contribution in [0.4, 0.5) is 0 Å². The number of rotatable bonds is 7. The average molecular weight is 200 g/mol. The van der Waals surface area contributed by atoms with Crippen molar-refractivity contribution in [1.82, 2.24) is 0 Å². The van der Waals surface area contributed by atoms with Crippen molar-refractivity contribution in [3.05, 3.63) is 0 Å². The van der Waals surface area contributed by atoms with E-state index in [2.05, 4.69) is 13.8 Å². The van der Waals surface area contributed by atoms with Crippen LogP contribution in [-0.4, -0.2) is 18.5 Å². The molecule has 0 saturated heterocycles. The lowest BCUT2D eigenvalue weighted by Gasteiger charge is -2.22. The number of carbonyl (C=O) groups is 1. The van der Waals surface area contributed by atoms with Gasteiger partial charge in [0.25, 0.3) is 0 Å². The maximum absolute atomic E-state index is 11.5. The van der Waals surface area contributed by atoms with Crippen molar-refractivity contribution in [3.8, 4) is 0 Å². The van der Waals surface area contributed by atoms with E-state index in [0.717, 1.165) is 19.3 Å². The molecule has 0 N–H and O–H groups in total. The quantitative estimate of drug-likeness (QED) is 0.631. The molecular formula is C12H24O2. The molecule has 84 valence electrons. The van der Waals surface area contributed by atoms with Crippen molar-refractivity contribution in [2.45, 2.75) is 59.0 Å². The maximum atomic E-state index is 11.5. The normalized spacial score (nSPS) is 12.1. The minimum absolute atomic E-state index is 0.159. The first-order valence-electron chi connectivity index (χ1n) is 5.44. The molecule has 0 spiro atoms. The van der Waals surface area contributed by atoms with Gasteiger partial charge >= 0.3 is 0 Å². The van der Waals surface area contributed by atoms with Crippen molar-refractivity contribution in [1.29, 1.82) is 0 Å². The molecule has 0 radical (unpaired) electrons. The Morgan fingerprint density at radius 1 is 1.29 bits per heavy atom. The van der Waals surface area contributed by atoms with Crippen LogP contribution in [0.15, 0.2) is 0 Å². The summed E-state index contributed by atoms with van der Waals surface area (Å²) in [5, 5.41) is 0. The van der Waals surface area contributed by atoms with Crippen LogP contribution < -0.4 is 0 Å². The fourth-order valence-corrected chi connectivity index (χ4v) is 1.12. The SMILES string of the molecule is COC(C)(C)CCC(=O)CCC(C)C. The predicted molar refractivity (Wildman–Crippen MR) is 59.4 cm³/mol. The number of carbonyl (C=O) groups excluding carboxylic acids is 1. The molecule has 0 heterocycles. The van der Waals surface area contributed by atoms with Gasteiger partial charge in [0.2, 0.25) is 0 Å². The highest BCUT2D eigenvalue weighted by Crippen LogP contribution is 2.17. The smallest absolute Gasteiger partial charge is 0.133 e. The van der Waals surface area contributed by atoms with Crippen LogP contribution in [0, 0.1) is 5.92 Å². The second-order valence-electron chi connectivity index (χ2n) is 4.94. The predicted octanol–water partition coefficient (Wildman–Crippen LogP) is 3.20. The Kier molecular flexibility index (Phi) is 6.01. The van der Waals surface area contributed by atoms with E-state index in [1.807, 2.05) is 13.8 Å². The van der Waals surface area contributed by atoms with Crippen LogP contribution in [-0.2, 0) is 9.53 Å². The van der Waals surface area contributed by atoms with Crippen LogP contribution in [0.2, 0.25) is 0 Å². The molecule has 0 amide bonds. The van der Waals surface area contributed by atoms with Crippen LogP contribution in [0.25, 0.3) is 0 Å². The molecule has 14 heavy (non-hydrogen) atoms. The van der Waals surface area contributed by atoms with E-state index < -0.39 is 0 Å². The standard InChI is InChI=1S/C12H24O2/c1-10(2)6-7-11(13)8-9-12(3,4)14-5/h10H,6-9H2,1-5H3. The average Bonchev–Trinajstić information content (AvgIpc) is 2.11. The number of hydrogen-bond acceptors (Lipinski definition) is 2. The minimum atomic E-state index is -0.159. The Labute approximate surface area is 88.0 Å². The van der Waals surface area contributed by atoms with E-state index in [9.17, 15) is 4.79 Å². The summed E-state index contributed by atoms with van der Waals surface area (Å²) in [7, 11) is 1.69. The molecule has 0 fully saturated rings. The third-order valence-corrected chi connectivity index (χ3v) is 2.56. The molecular weight excluding hydrogens is 176 g/mol. The molecule has 0 aromatic heterocycles. The molecule has 0 aliphatic heterocycles. The van der Waals surface area contributed by atoms with E-state index in [1.165, 1.54) is 0 Å². The van der Waals surface area contributed by atoms with E-state index >= 15 is 0 Å². The molecule has 0 rings (SSSR count). The van der Waals surface area contributed by atoms with Gasteiger partial charge in [-0.05, 0) is 32.6 Å². The number of ether oxygens (including phenoxy) is 1. The number of methoxy groups -OCH3 is 1. The molecule has 0 aliphatic rings. The van der Waals surface area contributed by atoms with Gasteiger partial charge < -0.3 is 4.74 Å². The lowest BCUT2D eigenvalue weighted by Crippen LogP contribution is -2.23. The van der Waals surface area contributed by atoms with Gasteiger partial charge in [0, 0.05) is 20.0 Å². The monoisotopic (exact) mass is 200 g/mol. The summed E-state index contributed by atoms with van der Waals surface area (Å²) in [6.45, 7) is 8.32. The molecule has 2 nitrogen and oxygen atoms in total. The highest BCUT2D eigenvalue weighted by molar-refractivity contribution is 5.78. The van der Waals surface area contributed by atoms with Crippen molar-refractivity contribution in [2.75, 3.05) is 7.11 Å². The third-order valence-electron chi connectivity index (χ3n) is 2.56. The number of Topliss-reactive ketones (excluding diaryl/α,β-unsaturated/α-hetero) is 1. The second kappa shape index (κ2) is 6.18. The van der Waals surface area contributed by atoms with Gasteiger partial charge in [-0.2, -0.15) is 0 Å². The van der Waals surface area contributed by atoms with Crippen molar-refractivity contribution in [3.63, 3.8) is 0 Å². The summed E-state index contributed by atoms with van der Waals surface area (Å²) in [6.07, 6.45) is 3.19. The van der Waals surface area contributed by atoms with E-state index in [-0.39, 0.29) is 5.60 Å². The van der Waals surface area contributed by atoms with Crippen molar-refractivity contribution >= 4 is 5.78 Å². The third kappa shape index (κ3) is 7.07. The molecule has 0 bridgehead atoms. The molecule has 0 unspecified atom stereocenters. The van der Waals surface area contributed by atoms with Crippen LogP contribution in [0.1, 0.15) is 53.4 Å². The first-order chi connectivity index (χ1) is 6.37. The van der Waals surface area contributed by atoms with Crippen molar-refractivity contribution in [2.24, 2.45) is 5.92 Å². The highest BCUT2D eigenvalue weighted by atomic mass is 16.5. The van der Waals surface area contributed by atoms with Crippen LogP contribution in [0.5, 0.6) is 0 Å². The lowest BCUT2D eigenvalue weighted by molar-refractivity contribution is -0.120. The summed E-state index contributed by atoms with van der Waals surface area (Å²) in [4.78, 5) is 11.5. The van der Waals surface area contributed by atoms with Crippen LogP contribution >= 0.6 is 0 Å². The fourth-order valence-electron chi connectivity index (χ4n) is 1.12. The zero-order valence-corrected chi connectivity index (χ0v) is 10.2. The molecule has 0 aromatic rings. The van der Waals surface area contributed by atoms with E-state index in [1.54, 1.807) is 7.11 Å². The zero-order chi connectivity index (χ0) is 11.2. The Morgan fingerprint density at radius 2 is 1.86 bits per heavy atom. The second-order valence-corrected chi connectivity index (χ2v) is 4.94. The topological polar surface area (TPSA) is 26.3 Å². The van der Waals surface area contributed by atoms with E-state index in [0.29, 0.717) is 18.1 Å². The van der Waals surface area contributed by atoms with Gasteiger partial charge in [-0.15, -0.1) is 0 Å². The van der Waals surface area contributed by atoms with Crippen LogP contribution in [0.3, 0.4) is 0 Å². The number of ketones is 1. The Morgan fingerprint density at radius 3 is 2.29 bits per heavy atom. The summed E-state index contributed by atoms with van der Waals surface area (Å²) in [5.41, 5.74) is -0.159. The summed E-state index contributed by atoms with van der Waals surface area (Å²) in [6, 6.07) is 0. The molecule has 2 heteroatoms. The molecule has 0 saturated carbocycles. The van der Waals surface area contributed by atoms with Gasteiger partial charge in [-0.1, -0.05) is 13.8 Å². The summed E-state index contributed by atoms with van der Waals surface area (Å²) in [5.74, 6) is 0.984. The Bertz CT molecular complexity index is 171. The lowest BCUT2D eigenvalue weighted by atomic mass is 9.97. The minimum Gasteiger partial charge on any atom is -0.379 e. The largest absolute Gasteiger partial charge is 0.379 e. The summed E-state index contributed by atoms with van der Waals surface area (Å²) < 4.78 is 5.26. The fraction of sp³-hybridized carbons (Fsp3) is 0.917. The molecule has 0 aromatic carbocycles. The number of hydrogen-bond donors (Lipinski definition) is 0. The maximum Gasteiger partial charge on any atom is 0.133 e. The zero-order valence-electron chi connectivity index (χ0n) is 10.2. The highest BCUT2D eigenvalue weighted by Gasteiger charge is 2.17. The summed E-state index contributed by atoms with van der Waals surface area (Å²) >= 11 is 0. The van der Waals surface area contributed by atoms with Gasteiger partial charge in [0.1, 0.15) is 5.78 Å².